The average Bonchev–Trinajstić information content (AvgIpc) is 2.19. The van der Waals surface area contributed by atoms with Gasteiger partial charge in [-0.05, 0) is 20.0 Å². The highest BCUT2D eigenvalue weighted by molar-refractivity contribution is 5.85. The summed E-state index contributed by atoms with van der Waals surface area (Å²) >= 11 is 0. The van der Waals surface area contributed by atoms with Crippen molar-refractivity contribution in [3.05, 3.63) is 18.0 Å². The molecule has 1 fully saturated rings. The Morgan fingerprint density at radius 3 is 2.31 bits per heavy atom. The normalized spacial score (nSPS) is 16.2. The van der Waals surface area contributed by atoms with E-state index < -0.39 is 0 Å². The van der Waals surface area contributed by atoms with Gasteiger partial charge in [0.15, 0.2) is 0 Å². The standard InChI is InChI=1S/C10H16N4.2ClH/c1-9-3-4-11-10(12-9)14-7-5-13(2)6-8-14;;/h3-4H,5-8H2,1-2H3;2*1H. The molecule has 2 rings (SSSR count). The van der Waals surface area contributed by atoms with Gasteiger partial charge in [-0.3, -0.25) is 0 Å². The molecule has 0 aliphatic carbocycles. The zero-order chi connectivity index (χ0) is 9.97. The number of hydrogen-bond donors (Lipinski definition) is 0. The lowest BCUT2D eigenvalue weighted by atomic mass is 10.3. The molecule has 1 aliphatic heterocycles. The molecule has 1 aromatic heterocycles. The lowest BCUT2D eigenvalue weighted by Crippen LogP contribution is -2.45. The molecule has 0 amide bonds. The maximum atomic E-state index is 4.42. The minimum Gasteiger partial charge on any atom is -0.338 e. The molecule has 92 valence electrons. The van der Waals surface area contributed by atoms with Crippen LogP contribution in [0, 0.1) is 6.92 Å². The van der Waals surface area contributed by atoms with Gasteiger partial charge < -0.3 is 9.80 Å². The van der Waals surface area contributed by atoms with Crippen molar-refractivity contribution >= 4 is 30.8 Å². The third-order valence-corrected chi connectivity index (χ3v) is 2.57. The average molecular weight is 265 g/mol. The van der Waals surface area contributed by atoms with E-state index in [2.05, 4.69) is 26.8 Å². The van der Waals surface area contributed by atoms with Gasteiger partial charge >= 0.3 is 0 Å². The minimum atomic E-state index is 0. The molecular weight excluding hydrogens is 247 g/mol. The lowest BCUT2D eigenvalue weighted by Gasteiger charge is -2.32. The van der Waals surface area contributed by atoms with Crippen LogP contribution in [0.2, 0.25) is 0 Å². The molecule has 0 saturated carbocycles. The summed E-state index contributed by atoms with van der Waals surface area (Å²) in [5, 5.41) is 0. The molecule has 6 heteroatoms. The van der Waals surface area contributed by atoms with E-state index >= 15 is 0 Å². The fourth-order valence-corrected chi connectivity index (χ4v) is 1.59. The van der Waals surface area contributed by atoms with Crippen molar-refractivity contribution in [3.8, 4) is 0 Å². The predicted molar refractivity (Wildman–Crippen MR) is 71.0 cm³/mol. The maximum Gasteiger partial charge on any atom is 0.225 e. The first-order valence-electron chi connectivity index (χ1n) is 4.99. The molecule has 0 bridgehead atoms. The van der Waals surface area contributed by atoms with E-state index in [1.165, 1.54) is 0 Å². The molecule has 2 heterocycles. The first-order chi connectivity index (χ1) is 6.75. The third-order valence-electron chi connectivity index (χ3n) is 2.57. The van der Waals surface area contributed by atoms with Crippen molar-refractivity contribution in [2.24, 2.45) is 0 Å². The van der Waals surface area contributed by atoms with Crippen LogP contribution in [0.3, 0.4) is 0 Å². The Morgan fingerprint density at radius 1 is 1.12 bits per heavy atom. The summed E-state index contributed by atoms with van der Waals surface area (Å²) in [6, 6.07) is 1.93. The zero-order valence-corrected chi connectivity index (χ0v) is 11.2. The summed E-state index contributed by atoms with van der Waals surface area (Å²) in [5.41, 5.74) is 1.04. The monoisotopic (exact) mass is 264 g/mol. The van der Waals surface area contributed by atoms with Gasteiger partial charge in [-0.2, -0.15) is 0 Å². The van der Waals surface area contributed by atoms with Crippen molar-refractivity contribution < 1.29 is 0 Å². The van der Waals surface area contributed by atoms with Gasteiger partial charge in [0.2, 0.25) is 5.95 Å². The summed E-state index contributed by atoms with van der Waals surface area (Å²) in [6.45, 7) is 6.25. The van der Waals surface area contributed by atoms with Crippen LogP contribution in [0.15, 0.2) is 12.3 Å². The summed E-state index contributed by atoms with van der Waals surface area (Å²) in [7, 11) is 2.15. The summed E-state index contributed by atoms with van der Waals surface area (Å²) in [5.74, 6) is 0.873. The second-order valence-electron chi connectivity index (χ2n) is 3.79. The van der Waals surface area contributed by atoms with Crippen LogP contribution >= 0.6 is 24.8 Å². The van der Waals surface area contributed by atoms with Gasteiger partial charge in [-0.15, -0.1) is 24.8 Å². The van der Waals surface area contributed by atoms with Crippen LogP contribution in [0.1, 0.15) is 5.69 Å². The molecule has 0 spiro atoms. The van der Waals surface area contributed by atoms with Crippen LogP contribution in [-0.4, -0.2) is 48.1 Å². The molecule has 16 heavy (non-hydrogen) atoms. The number of hydrogen-bond acceptors (Lipinski definition) is 4. The van der Waals surface area contributed by atoms with E-state index in [4.69, 9.17) is 0 Å². The van der Waals surface area contributed by atoms with Crippen LogP contribution in [-0.2, 0) is 0 Å². The molecule has 0 aromatic carbocycles. The number of rotatable bonds is 1. The summed E-state index contributed by atoms with van der Waals surface area (Å²) in [6.07, 6.45) is 1.83. The number of aryl methyl sites for hydroxylation is 1. The highest BCUT2D eigenvalue weighted by Gasteiger charge is 2.15. The van der Waals surface area contributed by atoms with E-state index in [9.17, 15) is 0 Å². The minimum absolute atomic E-state index is 0. The second kappa shape index (κ2) is 6.89. The van der Waals surface area contributed by atoms with E-state index in [1.807, 2.05) is 19.2 Å². The van der Waals surface area contributed by atoms with Crippen molar-refractivity contribution in [1.29, 1.82) is 0 Å². The van der Waals surface area contributed by atoms with Crippen molar-refractivity contribution in [1.82, 2.24) is 14.9 Å². The number of likely N-dealkylation sites (N-methyl/N-ethyl adjacent to an activating group) is 1. The number of aromatic nitrogens is 2. The smallest absolute Gasteiger partial charge is 0.225 e. The van der Waals surface area contributed by atoms with Crippen LogP contribution < -0.4 is 4.90 Å². The number of anilines is 1. The highest BCUT2D eigenvalue weighted by atomic mass is 35.5. The van der Waals surface area contributed by atoms with E-state index in [0.717, 1.165) is 37.8 Å². The van der Waals surface area contributed by atoms with E-state index in [-0.39, 0.29) is 24.8 Å². The molecule has 0 N–H and O–H groups in total. The van der Waals surface area contributed by atoms with Crippen LogP contribution in [0.25, 0.3) is 0 Å². The highest BCUT2D eigenvalue weighted by Crippen LogP contribution is 2.09. The Morgan fingerprint density at radius 2 is 1.75 bits per heavy atom. The molecule has 0 radical (unpaired) electrons. The SMILES string of the molecule is Cc1ccnc(N2CCN(C)CC2)n1.Cl.Cl. The summed E-state index contributed by atoms with van der Waals surface area (Å²) < 4.78 is 0. The Balaban J connectivity index is 0.00000112. The van der Waals surface area contributed by atoms with E-state index in [0.29, 0.717) is 0 Å². The van der Waals surface area contributed by atoms with E-state index in [1.54, 1.807) is 0 Å². The van der Waals surface area contributed by atoms with Gasteiger partial charge in [0.25, 0.3) is 0 Å². The van der Waals surface area contributed by atoms with Crippen LogP contribution in [0.4, 0.5) is 5.95 Å². The molecule has 1 aromatic rings. The molecular formula is C10H18Cl2N4. The Labute approximate surface area is 109 Å². The quantitative estimate of drug-likeness (QED) is 0.768. The molecule has 1 aliphatic rings. The van der Waals surface area contributed by atoms with Gasteiger partial charge in [0.05, 0.1) is 0 Å². The first kappa shape index (κ1) is 15.4. The van der Waals surface area contributed by atoms with Crippen molar-refractivity contribution in [2.45, 2.75) is 6.92 Å². The fraction of sp³-hybridized carbons (Fsp3) is 0.600. The third kappa shape index (κ3) is 3.77. The number of piperazine rings is 1. The van der Waals surface area contributed by atoms with Gasteiger partial charge in [0, 0.05) is 38.1 Å². The van der Waals surface area contributed by atoms with Gasteiger partial charge in [-0.25, -0.2) is 9.97 Å². The van der Waals surface area contributed by atoms with Crippen molar-refractivity contribution in [2.75, 3.05) is 38.1 Å². The maximum absolute atomic E-state index is 4.42. The second-order valence-corrected chi connectivity index (χ2v) is 3.79. The van der Waals surface area contributed by atoms with Crippen LogP contribution in [0.5, 0.6) is 0 Å². The molecule has 0 unspecified atom stereocenters. The Bertz CT molecular complexity index is 313. The predicted octanol–water partition coefficient (Wildman–Crippen LogP) is 1.38. The number of halogens is 2. The molecule has 4 nitrogen and oxygen atoms in total. The number of nitrogens with zero attached hydrogens (tertiary/aromatic N) is 4. The Hall–Kier alpha value is -0.580. The zero-order valence-electron chi connectivity index (χ0n) is 9.59. The fourth-order valence-electron chi connectivity index (χ4n) is 1.59. The lowest BCUT2D eigenvalue weighted by molar-refractivity contribution is 0.311. The van der Waals surface area contributed by atoms with Crippen molar-refractivity contribution in [3.63, 3.8) is 0 Å². The largest absolute Gasteiger partial charge is 0.338 e. The Kier molecular flexibility index (Phi) is 6.64. The first-order valence-corrected chi connectivity index (χ1v) is 4.99. The molecule has 1 saturated heterocycles. The topological polar surface area (TPSA) is 32.3 Å². The molecule has 0 atom stereocenters. The van der Waals surface area contributed by atoms with Gasteiger partial charge in [0.1, 0.15) is 0 Å². The summed E-state index contributed by atoms with van der Waals surface area (Å²) in [4.78, 5) is 13.3. The van der Waals surface area contributed by atoms with Gasteiger partial charge in [-0.1, -0.05) is 0 Å².